The Kier molecular flexibility index (Phi) is 4.97. The fourth-order valence-electron chi connectivity index (χ4n) is 2.87. The van der Waals surface area contributed by atoms with Gasteiger partial charge in [-0.1, -0.05) is 32.8 Å². The molecule has 4 heteroatoms. The standard InChI is InChI=1S/C16H22F2O2/c1-4-5-6-15-10(2)13-8-7-12(20-16(17)18)9-14(13)11(3)19-15/h7-11,15-16H,4-6H2,1-3H3/t10-,11-,15+/m1/s1. The molecule has 1 aliphatic heterocycles. The van der Waals surface area contributed by atoms with Crippen LogP contribution in [0.4, 0.5) is 8.78 Å². The fraction of sp³-hybridized carbons (Fsp3) is 0.625. The molecule has 1 aromatic carbocycles. The molecular weight excluding hydrogens is 262 g/mol. The summed E-state index contributed by atoms with van der Waals surface area (Å²) in [6, 6.07) is 5.20. The Bertz CT molecular complexity index is 448. The summed E-state index contributed by atoms with van der Waals surface area (Å²) in [6.07, 6.45) is 3.46. The molecule has 0 aliphatic carbocycles. The molecule has 0 spiro atoms. The van der Waals surface area contributed by atoms with E-state index in [2.05, 4.69) is 18.6 Å². The average Bonchev–Trinajstić information content (AvgIpc) is 2.40. The third kappa shape index (κ3) is 3.29. The monoisotopic (exact) mass is 284 g/mol. The third-order valence-electron chi connectivity index (χ3n) is 3.99. The first kappa shape index (κ1) is 15.2. The van der Waals surface area contributed by atoms with Crippen molar-refractivity contribution in [2.75, 3.05) is 0 Å². The van der Waals surface area contributed by atoms with Gasteiger partial charge in [0, 0.05) is 5.92 Å². The molecule has 2 nitrogen and oxygen atoms in total. The second-order valence-corrected chi connectivity index (χ2v) is 5.42. The van der Waals surface area contributed by atoms with Gasteiger partial charge < -0.3 is 9.47 Å². The number of halogens is 2. The van der Waals surface area contributed by atoms with Crippen molar-refractivity contribution in [1.29, 1.82) is 0 Å². The molecule has 1 heterocycles. The third-order valence-corrected chi connectivity index (χ3v) is 3.99. The quantitative estimate of drug-likeness (QED) is 0.754. The van der Waals surface area contributed by atoms with E-state index < -0.39 is 6.61 Å². The molecule has 0 saturated carbocycles. The molecule has 1 aliphatic rings. The maximum atomic E-state index is 12.3. The topological polar surface area (TPSA) is 18.5 Å². The zero-order valence-corrected chi connectivity index (χ0v) is 12.2. The van der Waals surface area contributed by atoms with Crippen LogP contribution in [0.2, 0.25) is 0 Å². The molecule has 0 radical (unpaired) electrons. The molecule has 0 N–H and O–H groups in total. The van der Waals surface area contributed by atoms with E-state index >= 15 is 0 Å². The van der Waals surface area contributed by atoms with Crippen LogP contribution in [0, 0.1) is 0 Å². The second-order valence-electron chi connectivity index (χ2n) is 5.42. The van der Waals surface area contributed by atoms with Crippen LogP contribution in [0.3, 0.4) is 0 Å². The Morgan fingerprint density at radius 3 is 2.65 bits per heavy atom. The first-order valence-electron chi connectivity index (χ1n) is 7.27. The minimum absolute atomic E-state index is 0.0794. The molecule has 1 aromatic rings. The van der Waals surface area contributed by atoms with E-state index in [4.69, 9.17) is 4.74 Å². The van der Waals surface area contributed by atoms with Gasteiger partial charge in [-0.3, -0.25) is 0 Å². The Balaban J connectivity index is 2.21. The van der Waals surface area contributed by atoms with Crippen LogP contribution in [0.5, 0.6) is 5.75 Å². The van der Waals surface area contributed by atoms with Crippen LogP contribution in [-0.2, 0) is 4.74 Å². The average molecular weight is 284 g/mol. The van der Waals surface area contributed by atoms with E-state index in [1.807, 2.05) is 13.0 Å². The van der Waals surface area contributed by atoms with Gasteiger partial charge in [-0.05, 0) is 36.6 Å². The number of benzene rings is 1. The van der Waals surface area contributed by atoms with E-state index in [-0.39, 0.29) is 23.9 Å². The minimum Gasteiger partial charge on any atom is -0.435 e. The zero-order chi connectivity index (χ0) is 14.7. The summed E-state index contributed by atoms with van der Waals surface area (Å²) >= 11 is 0. The van der Waals surface area contributed by atoms with Crippen molar-refractivity contribution in [3.63, 3.8) is 0 Å². The van der Waals surface area contributed by atoms with Gasteiger partial charge in [0.1, 0.15) is 5.75 Å². The number of hydrogen-bond donors (Lipinski definition) is 0. The highest BCUT2D eigenvalue weighted by atomic mass is 19.3. The summed E-state index contributed by atoms with van der Waals surface area (Å²) in [5.74, 6) is 0.488. The number of hydrogen-bond acceptors (Lipinski definition) is 2. The van der Waals surface area contributed by atoms with Crippen molar-refractivity contribution in [3.8, 4) is 5.75 Å². The summed E-state index contributed by atoms with van der Waals surface area (Å²) in [7, 11) is 0. The molecule has 0 fully saturated rings. The molecule has 0 unspecified atom stereocenters. The molecule has 20 heavy (non-hydrogen) atoms. The number of unbranched alkanes of at least 4 members (excludes halogenated alkanes) is 1. The van der Waals surface area contributed by atoms with E-state index in [0.29, 0.717) is 0 Å². The lowest BCUT2D eigenvalue weighted by molar-refractivity contribution is -0.0515. The van der Waals surface area contributed by atoms with Crippen LogP contribution in [0.15, 0.2) is 18.2 Å². The molecule has 112 valence electrons. The second kappa shape index (κ2) is 6.53. The predicted octanol–water partition coefficient (Wildman–Crippen LogP) is 5.04. The van der Waals surface area contributed by atoms with Crippen molar-refractivity contribution in [3.05, 3.63) is 29.3 Å². The highest BCUT2D eigenvalue weighted by Crippen LogP contribution is 2.40. The largest absolute Gasteiger partial charge is 0.435 e. The number of rotatable bonds is 5. The highest BCUT2D eigenvalue weighted by Gasteiger charge is 2.31. The Hall–Kier alpha value is -1.16. The molecular formula is C16H22F2O2. The predicted molar refractivity (Wildman–Crippen MR) is 74.3 cm³/mol. The van der Waals surface area contributed by atoms with Crippen molar-refractivity contribution < 1.29 is 18.3 Å². The normalized spacial score (nSPS) is 25.6. The van der Waals surface area contributed by atoms with E-state index in [9.17, 15) is 8.78 Å². The Morgan fingerprint density at radius 2 is 2.00 bits per heavy atom. The molecule has 3 atom stereocenters. The maximum absolute atomic E-state index is 12.3. The van der Waals surface area contributed by atoms with Crippen LogP contribution in [0.1, 0.15) is 63.2 Å². The van der Waals surface area contributed by atoms with Crippen LogP contribution < -0.4 is 4.74 Å². The summed E-state index contributed by atoms with van der Waals surface area (Å²) in [6.45, 7) is 3.48. The van der Waals surface area contributed by atoms with Crippen LogP contribution >= 0.6 is 0 Å². The molecule has 0 amide bonds. The zero-order valence-electron chi connectivity index (χ0n) is 12.2. The van der Waals surface area contributed by atoms with Gasteiger partial charge in [0.15, 0.2) is 0 Å². The van der Waals surface area contributed by atoms with Gasteiger partial charge in [-0.15, -0.1) is 0 Å². The van der Waals surface area contributed by atoms with Gasteiger partial charge in [0.05, 0.1) is 12.2 Å². The minimum atomic E-state index is -2.79. The molecule has 0 aromatic heterocycles. The Labute approximate surface area is 119 Å². The number of alkyl halides is 2. The van der Waals surface area contributed by atoms with Gasteiger partial charge >= 0.3 is 6.61 Å². The lowest BCUT2D eigenvalue weighted by Crippen LogP contribution is -2.28. The lowest BCUT2D eigenvalue weighted by Gasteiger charge is -2.36. The summed E-state index contributed by atoms with van der Waals surface area (Å²) in [5.41, 5.74) is 2.15. The maximum Gasteiger partial charge on any atom is 0.387 e. The molecule has 2 rings (SSSR count). The highest BCUT2D eigenvalue weighted by molar-refractivity contribution is 5.40. The first-order chi connectivity index (χ1) is 9.52. The molecule has 0 bridgehead atoms. The van der Waals surface area contributed by atoms with Gasteiger partial charge in [0.25, 0.3) is 0 Å². The SMILES string of the molecule is CCCC[C@@H]1O[C@H](C)c2cc(OC(F)F)ccc2[C@H]1C. The fourth-order valence-corrected chi connectivity index (χ4v) is 2.87. The lowest BCUT2D eigenvalue weighted by atomic mass is 9.84. The van der Waals surface area contributed by atoms with Crippen molar-refractivity contribution in [2.24, 2.45) is 0 Å². The van der Waals surface area contributed by atoms with Gasteiger partial charge in [-0.2, -0.15) is 8.78 Å². The van der Waals surface area contributed by atoms with E-state index in [1.165, 1.54) is 5.56 Å². The summed E-state index contributed by atoms with van der Waals surface area (Å²) in [5, 5.41) is 0. The Morgan fingerprint density at radius 1 is 1.25 bits per heavy atom. The van der Waals surface area contributed by atoms with Crippen molar-refractivity contribution in [2.45, 2.75) is 64.8 Å². The van der Waals surface area contributed by atoms with Crippen LogP contribution in [0.25, 0.3) is 0 Å². The summed E-state index contributed by atoms with van der Waals surface area (Å²) < 4.78 is 35.1. The smallest absolute Gasteiger partial charge is 0.387 e. The van der Waals surface area contributed by atoms with Crippen molar-refractivity contribution >= 4 is 0 Å². The number of ether oxygens (including phenoxy) is 2. The van der Waals surface area contributed by atoms with Crippen molar-refractivity contribution in [1.82, 2.24) is 0 Å². The van der Waals surface area contributed by atoms with Gasteiger partial charge in [0.2, 0.25) is 0 Å². The summed E-state index contributed by atoms with van der Waals surface area (Å²) in [4.78, 5) is 0. The first-order valence-corrected chi connectivity index (χ1v) is 7.27. The van der Waals surface area contributed by atoms with E-state index in [1.54, 1.807) is 12.1 Å². The van der Waals surface area contributed by atoms with E-state index in [0.717, 1.165) is 24.8 Å². The molecule has 0 saturated heterocycles. The van der Waals surface area contributed by atoms with Gasteiger partial charge in [-0.25, -0.2) is 0 Å². The van der Waals surface area contributed by atoms with Crippen LogP contribution in [-0.4, -0.2) is 12.7 Å². The number of fused-ring (bicyclic) bond motifs is 1.